The second kappa shape index (κ2) is 9.87. The summed E-state index contributed by atoms with van der Waals surface area (Å²) in [6.07, 6.45) is 7.38. The van der Waals surface area contributed by atoms with Crippen molar-refractivity contribution < 1.29 is 4.79 Å². The van der Waals surface area contributed by atoms with Crippen molar-refractivity contribution >= 4 is 11.9 Å². The van der Waals surface area contributed by atoms with Crippen molar-refractivity contribution in [2.75, 3.05) is 6.54 Å². The third-order valence-corrected chi connectivity index (χ3v) is 4.29. The highest BCUT2D eigenvalue weighted by Crippen LogP contribution is 2.10. The predicted octanol–water partition coefficient (Wildman–Crippen LogP) is 2.99. The van der Waals surface area contributed by atoms with Crippen molar-refractivity contribution in [3.63, 3.8) is 0 Å². The van der Waals surface area contributed by atoms with Crippen LogP contribution in [0.2, 0.25) is 0 Å². The van der Waals surface area contributed by atoms with Gasteiger partial charge in [0.05, 0.1) is 6.54 Å². The molecule has 0 aromatic heterocycles. The number of hydrogen-bond donors (Lipinski definition) is 3. The standard InChI is InChI=1S/C20H30N4O/c1-4-15(3)23-19(25)17-10-8-9-16(13-17)14-22-20(21-5-2)24-18-11-6-7-12-18/h6-10,13,15,18H,4-5,11-12,14H2,1-3H3,(H,23,25)(H2,21,22,24). The van der Waals surface area contributed by atoms with E-state index in [1.807, 2.05) is 31.2 Å². The Balaban J connectivity index is 1.99. The first kappa shape index (κ1) is 19.0. The van der Waals surface area contributed by atoms with Crippen molar-refractivity contribution in [3.8, 4) is 0 Å². The van der Waals surface area contributed by atoms with E-state index in [0.29, 0.717) is 18.2 Å². The number of nitrogens with zero attached hydrogens (tertiary/aromatic N) is 1. The van der Waals surface area contributed by atoms with Crippen LogP contribution in [-0.4, -0.2) is 30.5 Å². The minimum atomic E-state index is -0.0257. The van der Waals surface area contributed by atoms with Crippen molar-refractivity contribution in [1.29, 1.82) is 0 Å². The van der Waals surface area contributed by atoms with E-state index >= 15 is 0 Å². The molecule has 0 aliphatic heterocycles. The molecule has 25 heavy (non-hydrogen) atoms. The molecule has 1 aliphatic rings. The Morgan fingerprint density at radius 1 is 1.28 bits per heavy atom. The summed E-state index contributed by atoms with van der Waals surface area (Å²) in [5, 5.41) is 9.74. The van der Waals surface area contributed by atoms with E-state index in [0.717, 1.165) is 37.3 Å². The van der Waals surface area contributed by atoms with Gasteiger partial charge in [-0.2, -0.15) is 0 Å². The summed E-state index contributed by atoms with van der Waals surface area (Å²) in [5.74, 6) is 0.799. The Morgan fingerprint density at radius 2 is 2.04 bits per heavy atom. The van der Waals surface area contributed by atoms with E-state index < -0.39 is 0 Å². The molecule has 0 spiro atoms. The summed E-state index contributed by atoms with van der Waals surface area (Å²) in [6.45, 7) is 7.50. The van der Waals surface area contributed by atoms with Gasteiger partial charge in [-0.25, -0.2) is 4.99 Å². The number of carbonyl (C=O) groups is 1. The van der Waals surface area contributed by atoms with Crippen LogP contribution in [0.3, 0.4) is 0 Å². The molecule has 0 saturated carbocycles. The summed E-state index contributed by atoms with van der Waals surface area (Å²) < 4.78 is 0. The maximum atomic E-state index is 12.3. The van der Waals surface area contributed by atoms with E-state index in [4.69, 9.17) is 0 Å². The van der Waals surface area contributed by atoms with Crippen molar-refractivity contribution in [3.05, 3.63) is 47.5 Å². The summed E-state index contributed by atoms with van der Waals surface area (Å²) >= 11 is 0. The molecule has 1 aromatic rings. The molecule has 0 heterocycles. The van der Waals surface area contributed by atoms with Crippen LogP contribution >= 0.6 is 0 Å². The Bertz CT molecular complexity index is 616. The SMILES string of the molecule is CCNC(=NCc1cccc(C(=O)NC(C)CC)c1)NC1CC=CC1. The molecule has 3 N–H and O–H groups in total. The largest absolute Gasteiger partial charge is 0.357 e. The Hall–Kier alpha value is -2.30. The zero-order valence-electron chi connectivity index (χ0n) is 15.5. The highest BCUT2D eigenvalue weighted by molar-refractivity contribution is 5.94. The molecule has 5 heteroatoms. The first-order chi connectivity index (χ1) is 12.1. The number of nitrogens with one attached hydrogen (secondary N) is 3. The Kier molecular flexibility index (Phi) is 7.51. The molecule has 0 saturated heterocycles. The molecule has 1 aromatic carbocycles. The monoisotopic (exact) mass is 342 g/mol. The molecule has 1 atom stereocenters. The van der Waals surface area contributed by atoms with Gasteiger partial charge in [-0.1, -0.05) is 31.2 Å². The number of benzene rings is 1. The van der Waals surface area contributed by atoms with Crippen molar-refractivity contribution in [1.82, 2.24) is 16.0 Å². The maximum Gasteiger partial charge on any atom is 0.251 e. The third kappa shape index (κ3) is 6.25. The van der Waals surface area contributed by atoms with E-state index in [2.05, 4.69) is 46.9 Å². The van der Waals surface area contributed by atoms with Gasteiger partial charge < -0.3 is 16.0 Å². The van der Waals surface area contributed by atoms with Gasteiger partial charge in [-0.15, -0.1) is 0 Å². The van der Waals surface area contributed by atoms with Gasteiger partial charge in [0.2, 0.25) is 0 Å². The summed E-state index contributed by atoms with van der Waals surface area (Å²) in [5.41, 5.74) is 1.71. The van der Waals surface area contributed by atoms with Gasteiger partial charge in [-0.3, -0.25) is 4.79 Å². The number of rotatable bonds is 7. The lowest BCUT2D eigenvalue weighted by Crippen LogP contribution is -2.42. The van der Waals surface area contributed by atoms with Crippen molar-refractivity contribution in [2.24, 2.45) is 4.99 Å². The van der Waals surface area contributed by atoms with Gasteiger partial charge in [0.25, 0.3) is 5.91 Å². The highest BCUT2D eigenvalue weighted by Gasteiger charge is 2.12. The first-order valence-electron chi connectivity index (χ1n) is 9.22. The highest BCUT2D eigenvalue weighted by atomic mass is 16.1. The Labute approximate surface area is 151 Å². The number of hydrogen-bond acceptors (Lipinski definition) is 2. The molecule has 1 aliphatic carbocycles. The van der Waals surface area contributed by atoms with Crippen LogP contribution in [0.5, 0.6) is 0 Å². The molecule has 0 bridgehead atoms. The minimum absolute atomic E-state index is 0.0257. The van der Waals surface area contributed by atoms with Gasteiger partial charge >= 0.3 is 0 Å². The Morgan fingerprint density at radius 3 is 2.72 bits per heavy atom. The minimum Gasteiger partial charge on any atom is -0.357 e. The quantitative estimate of drug-likeness (QED) is 0.405. The molecule has 1 amide bonds. The number of guanidine groups is 1. The van der Waals surface area contributed by atoms with Crippen LogP contribution in [0.4, 0.5) is 0 Å². The van der Waals surface area contributed by atoms with Gasteiger partial charge in [-0.05, 0) is 50.8 Å². The normalized spacial score (nSPS) is 15.9. The molecule has 2 rings (SSSR count). The molecule has 5 nitrogen and oxygen atoms in total. The maximum absolute atomic E-state index is 12.3. The first-order valence-corrected chi connectivity index (χ1v) is 9.22. The average Bonchev–Trinajstić information content (AvgIpc) is 3.13. The van der Waals surface area contributed by atoms with E-state index in [1.54, 1.807) is 0 Å². The topological polar surface area (TPSA) is 65.5 Å². The lowest BCUT2D eigenvalue weighted by Gasteiger charge is -2.16. The van der Waals surface area contributed by atoms with Crippen LogP contribution in [0.1, 0.15) is 56.0 Å². The zero-order valence-corrected chi connectivity index (χ0v) is 15.5. The number of amides is 1. The fourth-order valence-electron chi connectivity index (χ4n) is 2.64. The number of aliphatic imine (C=N–C) groups is 1. The van der Waals surface area contributed by atoms with Gasteiger partial charge in [0.15, 0.2) is 5.96 Å². The molecular formula is C20H30N4O. The van der Waals surface area contributed by atoms with Crippen LogP contribution in [0, 0.1) is 0 Å². The molecule has 0 radical (unpaired) electrons. The molecule has 1 unspecified atom stereocenters. The van der Waals surface area contributed by atoms with Crippen LogP contribution in [-0.2, 0) is 6.54 Å². The van der Waals surface area contributed by atoms with E-state index in [9.17, 15) is 4.79 Å². The smallest absolute Gasteiger partial charge is 0.251 e. The summed E-state index contributed by atoms with van der Waals surface area (Å²) in [7, 11) is 0. The lowest BCUT2D eigenvalue weighted by atomic mass is 10.1. The number of carbonyl (C=O) groups excluding carboxylic acids is 1. The summed E-state index contributed by atoms with van der Waals surface area (Å²) in [6, 6.07) is 8.28. The third-order valence-electron chi connectivity index (χ3n) is 4.29. The summed E-state index contributed by atoms with van der Waals surface area (Å²) in [4.78, 5) is 16.9. The molecule has 0 fully saturated rings. The van der Waals surface area contributed by atoms with Crippen LogP contribution < -0.4 is 16.0 Å². The lowest BCUT2D eigenvalue weighted by molar-refractivity contribution is 0.0939. The second-order valence-corrected chi connectivity index (χ2v) is 6.46. The van der Waals surface area contributed by atoms with E-state index in [1.165, 1.54) is 0 Å². The van der Waals surface area contributed by atoms with Crippen LogP contribution in [0.25, 0.3) is 0 Å². The molecule has 136 valence electrons. The van der Waals surface area contributed by atoms with Gasteiger partial charge in [0.1, 0.15) is 0 Å². The zero-order chi connectivity index (χ0) is 18.1. The second-order valence-electron chi connectivity index (χ2n) is 6.46. The van der Waals surface area contributed by atoms with Crippen LogP contribution in [0.15, 0.2) is 41.4 Å². The fraction of sp³-hybridized carbons (Fsp3) is 0.500. The average molecular weight is 342 g/mol. The van der Waals surface area contributed by atoms with Gasteiger partial charge in [0, 0.05) is 24.2 Å². The van der Waals surface area contributed by atoms with Crippen molar-refractivity contribution in [2.45, 2.75) is 58.7 Å². The predicted molar refractivity (Wildman–Crippen MR) is 104 cm³/mol. The van der Waals surface area contributed by atoms with E-state index in [-0.39, 0.29) is 11.9 Å². The fourth-order valence-corrected chi connectivity index (χ4v) is 2.64. The molecular weight excluding hydrogens is 312 g/mol.